The number of carbonyl (C=O) groups is 3. The lowest BCUT2D eigenvalue weighted by Crippen LogP contribution is -2.54. The van der Waals surface area contributed by atoms with Crippen LogP contribution < -0.4 is 10.2 Å². The topological polar surface area (TPSA) is 75.7 Å². The summed E-state index contributed by atoms with van der Waals surface area (Å²) in [5.41, 5.74) is -0.732. The number of fused-ring (bicyclic) bond motifs is 1. The van der Waals surface area contributed by atoms with E-state index in [1.807, 2.05) is 23.6 Å². The average Bonchev–Trinajstić information content (AvgIpc) is 3.34. The fourth-order valence-corrected chi connectivity index (χ4v) is 4.97. The summed E-state index contributed by atoms with van der Waals surface area (Å²) in [5.74, 6) is -2.61. The number of benzene rings is 1. The lowest BCUT2D eigenvalue weighted by molar-refractivity contribution is -0.153. The Kier molecular flexibility index (Phi) is 4.36. The largest absolute Gasteiger partial charge is 0.465 e. The predicted molar refractivity (Wildman–Crippen MR) is 101 cm³/mol. The third-order valence-electron chi connectivity index (χ3n) is 5.35. The van der Waals surface area contributed by atoms with Crippen LogP contribution >= 0.6 is 11.3 Å². The number of nitrogens with zero attached hydrogens (tertiary/aromatic N) is 1. The van der Waals surface area contributed by atoms with Gasteiger partial charge in [0.05, 0.1) is 30.2 Å². The number of ether oxygens (including phenoxy) is 1. The standard InChI is InChI=1S/C20H20N2O4S/c1-3-26-19(25)20(2)15-14(16(21-20)13-10-7-11-27-13)17(23)22(18(15)24)12-8-5-4-6-9-12/h4-11,14-16,21H,3H2,1-2H3/t14-,15+,16-,20-/m0/s1. The van der Waals surface area contributed by atoms with Crippen molar-refractivity contribution in [3.05, 3.63) is 52.7 Å². The number of carbonyl (C=O) groups excluding carboxylic acids is 3. The van der Waals surface area contributed by atoms with Crippen molar-refractivity contribution < 1.29 is 19.1 Å². The molecule has 0 radical (unpaired) electrons. The fraction of sp³-hybridized carbons (Fsp3) is 0.350. The van der Waals surface area contributed by atoms with Crippen LogP contribution in [-0.2, 0) is 19.1 Å². The number of amides is 2. The zero-order chi connectivity index (χ0) is 19.2. The Balaban J connectivity index is 1.81. The highest BCUT2D eigenvalue weighted by atomic mass is 32.1. The maximum Gasteiger partial charge on any atom is 0.326 e. The highest BCUT2D eigenvalue weighted by Crippen LogP contribution is 2.50. The molecule has 2 aliphatic rings. The van der Waals surface area contributed by atoms with E-state index in [4.69, 9.17) is 4.74 Å². The summed E-state index contributed by atoms with van der Waals surface area (Å²) in [5, 5.41) is 5.18. The maximum atomic E-state index is 13.3. The Hall–Kier alpha value is -2.51. The van der Waals surface area contributed by atoms with Crippen LogP contribution in [0, 0.1) is 11.8 Å². The normalized spacial score (nSPS) is 29.9. The Morgan fingerprint density at radius 1 is 1.19 bits per heavy atom. The molecule has 4 rings (SSSR count). The van der Waals surface area contributed by atoms with Crippen molar-refractivity contribution in [2.75, 3.05) is 11.5 Å². The first-order chi connectivity index (χ1) is 13.0. The minimum absolute atomic E-state index is 0.210. The first kappa shape index (κ1) is 17.9. The van der Waals surface area contributed by atoms with Crippen LogP contribution in [0.2, 0.25) is 0 Å². The van der Waals surface area contributed by atoms with Crippen molar-refractivity contribution in [3.8, 4) is 0 Å². The predicted octanol–water partition coefficient (Wildman–Crippen LogP) is 2.52. The number of esters is 1. The smallest absolute Gasteiger partial charge is 0.326 e. The van der Waals surface area contributed by atoms with E-state index in [2.05, 4.69) is 5.32 Å². The van der Waals surface area contributed by atoms with Gasteiger partial charge in [-0.05, 0) is 37.4 Å². The first-order valence-corrected chi connectivity index (χ1v) is 9.78. The SMILES string of the molecule is CCOC(=O)[C@@]1(C)N[C@@H](c2cccs2)[C@H]2C(=O)N(c3ccccc3)C(=O)[C@@H]21. The monoisotopic (exact) mass is 384 g/mol. The average molecular weight is 384 g/mol. The van der Waals surface area contributed by atoms with E-state index in [0.29, 0.717) is 5.69 Å². The molecule has 6 nitrogen and oxygen atoms in total. The van der Waals surface area contributed by atoms with E-state index in [9.17, 15) is 14.4 Å². The van der Waals surface area contributed by atoms with Gasteiger partial charge in [-0.2, -0.15) is 0 Å². The minimum Gasteiger partial charge on any atom is -0.465 e. The molecule has 7 heteroatoms. The first-order valence-electron chi connectivity index (χ1n) is 8.90. The Morgan fingerprint density at radius 3 is 2.56 bits per heavy atom. The zero-order valence-electron chi connectivity index (χ0n) is 15.0. The van der Waals surface area contributed by atoms with Gasteiger partial charge in [-0.25, -0.2) is 4.90 Å². The van der Waals surface area contributed by atoms with Crippen molar-refractivity contribution in [2.45, 2.75) is 25.4 Å². The molecule has 2 amide bonds. The summed E-state index contributed by atoms with van der Waals surface area (Å²) < 4.78 is 5.25. The Labute approximate surface area is 161 Å². The lowest BCUT2D eigenvalue weighted by atomic mass is 9.81. The lowest BCUT2D eigenvalue weighted by Gasteiger charge is -2.28. The summed E-state index contributed by atoms with van der Waals surface area (Å²) in [6.07, 6.45) is 0. The number of rotatable bonds is 4. The van der Waals surface area contributed by atoms with Crippen LogP contribution in [0.15, 0.2) is 47.8 Å². The summed E-state index contributed by atoms with van der Waals surface area (Å²) in [7, 11) is 0. The van der Waals surface area contributed by atoms with Gasteiger partial charge in [0.15, 0.2) is 0 Å². The van der Waals surface area contributed by atoms with Gasteiger partial charge >= 0.3 is 5.97 Å². The molecule has 0 spiro atoms. The Bertz CT molecular complexity index is 883. The summed E-state index contributed by atoms with van der Waals surface area (Å²) in [4.78, 5) is 41.5. The van der Waals surface area contributed by atoms with Crippen LogP contribution in [0.5, 0.6) is 0 Å². The van der Waals surface area contributed by atoms with Crippen molar-refractivity contribution >= 4 is 34.8 Å². The molecule has 2 aromatic rings. The molecule has 1 aromatic heterocycles. The van der Waals surface area contributed by atoms with Gasteiger partial charge in [0, 0.05) is 4.88 Å². The molecule has 2 aliphatic heterocycles. The van der Waals surface area contributed by atoms with E-state index < -0.39 is 29.4 Å². The van der Waals surface area contributed by atoms with E-state index >= 15 is 0 Å². The molecule has 0 aliphatic carbocycles. The molecule has 1 N–H and O–H groups in total. The second kappa shape index (κ2) is 6.58. The van der Waals surface area contributed by atoms with Gasteiger partial charge in [0.2, 0.25) is 11.8 Å². The molecule has 140 valence electrons. The van der Waals surface area contributed by atoms with E-state index in [1.54, 1.807) is 38.1 Å². The van der Waals surface area contributed by atoms with Gasteiger partial charge in [-0.15, -0.1) is 11.3 Å². The second-order valence-corrected chi connectivity index (χ2v) is 7.89. The molecule has 2 saturated heterocycles. The summed E-state index contributed by atoms with van der Waals surface area (Å²) in [6.45, 7) is 3.60. The molecule has 2 fully saturated rings. The summed E-state index contributed by atoms with van der Waals surface area (Å²) >= 11 is 1.50. The number of thiophene rings is 1. The number of para-hydroxylation sites is 1. The van der Waals surface area contributed by atoms with E-state index in [-0.39, 0.29) is 18.4 Å². The van der Waals surface area contributed by atoms with Crippen molar-refractivity contribution in [1.29, 1.82) is 0 Å². The van der Waals surface area contributed by atoms with Gasteiger partial charge in [0.1, 0.15) is 5.54 Å². The minimum atomic E-state index is -1.26. The molecular formula is C20H20N2O4S. The van der Waals surface area contributed by atoms with Crippen LogP contribution in [0.1, 0.15) is 24.8 Å². The number of hydrogen-bond acceptors (Lipinski definition) is 6. The van der Waals surface area contributed by atoms with Gasteiger partial charge < -0.3 is 4.74 Å². The molecule has 1 aromatic carbocycles. The van der Waals surface area contributed by atoms with Crippen molar-refractivity contribution in [3.63, 3.8) is 0 Å². The molecule has 0 bridgehead atoms. The van der Waals surface area contributed by atoms with Crippen LogP contribution in [0.3, 0.4) is 0 Å². The van der Waals surface area contributed by atoms with Crippen LogP contribution in [-0.4, -0.2) is 29.9 Å². The van der Waals surface area contributed by atoms with E-state index in [0.717, 1.165) is 4.88 Å². The molecule has 27 heavy (non-hydrogen) atoms. The highest BCUT2D eigenvalue weighted by Gasteiger charge is 2.67. The van der Waals surface area contributed by atoms with Crippen molar-refractivity contribution in [1.82, 2.24) is 5.32 Å². The molecule has 3 heterocycles. The van der Waals surface area contributed by atoms with Gasteiger partial charge in [-0.1, -0.05) is 24.3 Å². The third kappa shape index (κ3) is 2.61. The van der Waals surface area contributed by atoms with Crippen LogP contribution in [0.4, 0.5) is 5.69 Å². The Morgan fingerprint density at radius 2 is 1.93 bits per heavy atom. The summed E-state index contributed by atoms with van der Waals surface area (Å²) in [6, 6.07) is 12.3. The number of anilines is 1. The quantitative estimate of drug-likeness (QED) is 0.648. The third-order valence-corrected chi connectivity index (χ3v) is 6.31. The number of nitrogens with one attached hydrogen (secondary N) is 1. The van der Waals surface area contributed by atoms with Gasteiger partial charge in [0.25, 0.3) is 0 Å². The number of hydrogen-bond donors (Lipinski definition) is 1. The zero-order valence-corrected chi connectivity index (χ0v) is 15.9. The molecule has 0 unspecified atom stereocenters. The van der Waals surface area contributed by atoms with Crippen LogP contribution in [0.25, 0.3) is 0 Å². The molecular weight excluding hydrogens is 364 g/mol. The van der Waals surface area contributed by atoms with E-state index in [1.165, 1.54) is 16.2 Å². The van der Waals surface area contributed by atoms with Crippen molar-refractivity contribution in [2.24, 2.45) is 11.8 Å². The molecule has 4 atom stereocenters. The second-order valence-electron chi connectivity index (χ2n) is 6.91. The number of imide groups is 1. The highest BCUT2D eigenvalue weighted by molar-refractivity contribution is 7.10. The fourth-order valence-electron chi connectivity index (χ4n) is 4.15. The molecule has 0 saturated carbocycles. The maximum absolute atomic E-state index is 13.3. The van der Waals surface area contributed by atoms with Gasteiger partial charge in [-0.3, -0.25) is 19.7 Å².